The van der Waals surface area contributed by atoms with Gasteiger partial charge in [0.25, 0.3) is 5.91 Å². The van der Waals surface area contributed by atoms with E-state index < -0.39 is 5.97 Å². The Morgan fingerprint density at radius 2 is 1.86 bits per heavy atom. The molecule has 1 N–H and O–H groups in total. The number of benzene rings is 2. The van der Waals surface area contributed by atoms with Gasteiger partial charge in [0.15, 0.2) is 6.61 Å². The second kappa shape index (κ2) is 10.3. The van der Waals surface area contributed by atoms with Crippen LogP contribution in [0.15, 0.2) is 46.9 Å². The zero-order valence-electron chi connectivity index (χ0n) is 16.2. The van der Waals surface area contributed by atoms with E-state index in [4.69, 9.17) is 14.2 Å². The number of anilines is 2. The highest BCUT2D eigenvalue weighted by molar-refractivity contribution is 9.10. The normalized spacial score (nSPS) is 13.7. The number of nitrogens with zero attached hydrogens (tertiary/aromatic N) is 1. The number of hydrogen-bond donors (Lipinski definition) is 1. The average molecular weight is 463 g/mol. The number of morpholine rings is 1. The first kappa shape index (κ1) is 21.1. The number of ether oxygens (including phenoxy) is 3. The number of rotatable bonds is 7. The number of amides is 1. The van der Waals surface area contributed by atoms with Crippen molar-refractivity contribution in [2.24, 2.45) is 0 Å². The van der Waals surface area contributed by atoms with Gasteiger partial charge in [-0.05, 0) is 49.4 Å². The summed E-state index contributed by atoms with van der Waals surface area (Å²) in [6, 6.07) is 12.4. The Morgan fingerprint density at radius 3 is 2.55 bits per heavy atom. The predicted molar refractivity (Wildman–Crippen MR) is 114 cm³/mol. The third kappa shape index (κ3) is 5.95. The minimum atomic E-state index is -0.428. The first-order chi connectivity index (χ1) is 14.1. The first-order valence-electron chi connectivity index (χ1n) is 9.39. The van der Waals surface area contributed by atoms with Crippen molar-refractivity contribution in [3.05, 3.63) is 52.5 Å². The molecule has 0 unspecified atom stereocenters. The number of hydrogen-bond acceptors (Lipinski definition) is 6. The highest BCUT2D eigenvalue weighted by Crippen LogP contribution is 2.28. The van der Waals surface area contributed by atoms with Crippen LogP contribution in [0.3, 0.4) is 0 Å². The number of carbonyl (C=O) groups excluding carboxylic acids is 2. The molecule has 0 bridgehead atoms. The van der Waals surface area contributed by atoms with Crippen LogP contribution in [-0.4, -0.2) is 51.4 Å². The van der Waals surface area contributed by atoms with E-state index in [-0.39, 0.29) is 19.1 Å². The van der Waals surface area contributed by atoms with Crippen molar-refractivity contribution in [1.29, 1.82) is 0 Å². The van der Waals surface area contributed by atoms with Crippen LogP contribution in [0.1, 0.15) is 17.3 Å². The quantitative estimate of drug-likeness (QED) is 0.634. The third-order valence-electron chi connectivity index (χ3n) is 4.32. The highest BCUT2D eigenvalue weighted by atomic mass is 79.9. The fourth-order valence-electron chi connectivity index (χ4n) is 2.92. The van der Waals surface area contributed by atoms with Crippen LogP contribution in [0.5, 0.6) is 5.75 Å². The van der Waals surface area contributed by atoms with Crippen LogP contribution in [0.25, 0.3) is 0 Å². The van der Waals surface area contributed by atoms with Crippen molar-refractivity contribution >= 4 is 39.2 Å². The van der Waals surface area contributed by atoms with Crippen molar-refractivity contribution in [2.75, 3.05) is 49.7 Å². The minimum absolute atomic E-state index is 0.145. The van der Waals surface area contributed by atoms with Gasteiger partial charge in [0.1, 0.15) is 5.75 Å². The summed E-state index contributed by atoms with van der Waals surface area (Å²) in [5, 5.41) is 2.86. The largest absolute Gasteiger partial charge is 0.484 e. The summed E-state index contributed by atoms with van der Waals surface area (Å²) in [6.07, 6.45) is 0. The Hall–Kier alpha value is -2.58. The lowest BCUT2D eigenvalue weighted by molar-refractivity contribution is -0.118. The van der Waals surface area contributed by atoms with Crippen molar-refractivity contribution in [2.45, 2.75) is 6.92 Å². The summed E-state index contributed by atoms with van der Waals surface area (Å²) in [6.45, 7) is 4.52. The second-order valence-corrected chi connectivity index (χ2v) is 7.26. The Balaban J connectivity index is 1.74. The van der Waals surface area contributed by atoms with Crippen LogP contribution in [0, 0.1) is 0 Å². The molecule has 2 aromatic carbocycles. The maximum Gasteiger partial charge on any atom is 0.338 e. The number of nitrogens with one attached hydrogen (secondary N) is 1. The van der Waals surface area contributed by atoms with E-state index in [0.717, 1.165) is 10.2 Å². The Morgan fingerprint density at radius 1 is 1.14 bits per heavy atom. The van der Waals surface area contributed by atoms with Crippen molar-refractivity contribution in [1.82, 2.24) is 0 Å². The summed E-state index contributed by atoms with van der Waals surface area (Å²) in [5.41, 5.74) is 1.76. The molecule has 0 saturated carbocycles. The summed E-state index contributed by atoms with van der Waals surface area (Å²) in [5.74, 6) is -0.150. The molecule has 1 saturated heterocycles. The fourth-order valence-corrected chi connectivity index (χ4v) is 3.19. The number of carbonyl (C=O) groups is 2. The molecular weight excluding hydrogens is 440 g/mol. The van der Waals surface area contributed by atoms with Gasteiger partial charge in [-0.25, -0.2) is 4.79 Å². The number of halogens is 1. The molecule has 1 amide bonds. The summed E-state index contributed by atoms with van der Waals surface area (Å²) >= 11 is 3.36. The topological polar surface area (TPSA) is 77.1 Å². The van der Waals surface area contributed by atoms with E-state index in [1.165, 1.54) is 0 Å². The Bertz CT molecular complexity index is 851. The molecule has 0 radical (unpaired) electrons. The van der Waals surface area contributed by atoms with Gasteiger partial charge in [0.05, 0.1) is 36.8 Å². The molecular formula is C21H23BrN2O5. The van der Waals surface area contributed by atoms with Crippen molar-refractivity contribution in [3.63, 3.8) is 0 Å². The molecule has 29 heavy (non-hydrogen) atoms. The molecule has 7 nitrogen and oxygen atoms in total. The van der Waals surface area contributed by atoms with Crippen molar-refractivity contribution < 1.29 is 23.8 Å². The molecule has 0 spiro atoms. The average Bonchev–Trinajstić information content (AvgIpc) is 2.74. The third-order valence-corrected chi connectivity index (χ3v) is 4.85. The molecule has 0 aromatic heterocycles. The maximum atomic E-state index is 12.5. The van der Waals surface area contributed by atoms with Crippen LogP contribution in [-0.2, 0) is 14.3 Å². The SMILES string of the molecule is CCOC(=O)c1ccc(N2CCOCC2)c(NC(=O)COc2ccc(Br)cc2)c1. The first-order valence-corrected chi connectivity index (χ1v) is 10.2. The summed E-state index contributed by atoms with van der Waals surface area (Å²) < 4.78 is 16.9. The monoisotopic (exact) mass is 462 g/mol. The lowest BCUT2D eigenvalue weighted by Gasteiger charge is -2.30. The van der Waals surface area contributed by atoms with E-state index in [2.05, 4.69) is 26.1 Å². The van der Waals surface area contributed by atoms with E-state index >= 15 is 0 Å². The lowest BCUT2D eigenvalue weighted by Crippen LogP contribution is -2.37. The molecule has 2 aromatic rings. The lowest BCUT2D eigenvalue weighted by atomic mass is 10.1. The summed E-state index contributed by atoms with van der Waals surface area (Å²) in [4.78, 5) is 26.7. The van der Waals surface area contributed by atoms with Gasteiger partial charge in [-0.3, -0.25) is 4.79 Å². The Kier molecular flexibility index (Phi) is 7.48. The molecule has 1 aliphatic heterocycles. The molecule has 8 heteroatoms. The zero-order chi connectivity index (χ0) is 20.6. The van der Waals surface area contributed by atoms with Gasteiger partial charge in [-0.2, -0.15) is 0 Å². The van der Waals surface area contributed by atoms with E-state index in [9.17, 15) is 9.59 Å². The smallest absolute Gasteiger partial charge is 0.338 e. The van der Waals surface area contributed by atoms with Crippen LogP contribution in [0.4, 0.5) is 11.4 Å². The van der Waals surface area contributed by atoms with Gasteiger partial charge in [-0.1, -0.05) is 15.9 Å². The van der Waals surface area contributed by atoms with Gasteiger partial charge in [-0.15, -0.1) is 0 Å². The van der Waals surface area contributed by atoms with E-state index in [1.807, 2.05) is 18.2 Å². The van der Waals surface area contributed by atoms with Gasteiger partial charge in [0, 0.05) is 17.6 Å². The Labute approximate surface area is 178 Å². The predicted octanol–water partition coefficient (Wildman–Crippen LogP) is 3.48. The zero-order valence-corrected chi connectivity index (χ0v) is 17.7. The molecule has 0 aliphatic carbocycles. The maximum absolute atomic E-state index is 12.5. The van der Waals surface area contributed by atoms with Gasteiger partial charge < -0.3 is 24.4 Å². The van der Waals surface area contributed by atoms with Gasteiger partial charge in [0.2, 0.25) is 0 Å². The molecule has 1 fully saturated rings. The molecule has 1 heterocycles. The van der Waals surface area contributed by atoms with Crippen LogP contribution < -0.4 is 15.0 Å². The van der Waals surface area contributed by atoms with E-state index in [1.54, 1.807) is 31.2 Å². The minimum Gasteiger partial charge on any atom is -0.484 e. The molecule has 1 aliphatic rings. The standard InChI is InChI=1S/C21H23BrN2O5/c1-2-28-21(26)15-3-8-19(24-9-11-27-12-10-24)18(13-15)23-20(25)14-29-17-6-4-16(22)5-7-17/h3-8,13H,2,9-12,14H2,1H3,(H,23,25). The van der Waals surface area contributed by atoms with E-state index in [0.29, 0.717) is 43.3 Å². The van der Waals surface area contributed by atoms with Crippen LogP contribution >= 0.6 is 15.9 Å². The molecule has 3 rings (SSSR count). The summed E-state index contributed by atoms with van der Waals surface area (Å²) in [7, 11) is 0. The van der Waals surface area contributed by atoms with Gasteiger partial charge >= 0.3 is 5.97 Å². The second-order valence-electron chi connectivity index (χ2n) is 6.34. The highest BCUT2D eigenvalue weighted by Gasteiger charge is 2.19. The number of esters is 1. The van der Waals surface area contributed by atoms with Crippen LogP contribution in [0.2, 0.25) is 0 Å². The molecule has 154 valence electrons. The molecule has 0 atom stereocenters. The van der Waals surface area contributed by atoms with Crippen molar-refractivity contribution in [3.8, 4) is 5.75 Å². The fraction of sp³-hybridized carbons (Fsp3) is 0.333.